The summed E-state index contributed by atoms with van der Waals surface area (Å²) in [5.41, 5.74) is 4.95. The monoisotopic (exact) mass is 421 g/mol. The molecule has 158 valence electrons. The first kappa shape index (κ1) is 20.0. The van der Waals surface area contributed by atoms with Gasteiger partial charge < -0.3 is 9.80 Å². The fraction of sp³-hybridized carbons (Fsp3) is 0.192. The van der Waals surface area contributed by atoms with E-state index in [1.807, 2.05) is 70.1 Å². The molecule has 2 aromatic carbocycles. The molecular weight excluding hydrogens is 398 g/mol. The Hall–Kier alpha value is -3.95. The van der Waals surface area contributed by atoms with Gasteiger partial charge in [-0.3, -0.25) is 14.2 Å². The van der Waals surface area contributed by atoms with Crippen molar-refractivity contribution in [2.45, 2.75) is 0 Å². The van der Waals surface area contributed by atoms with Gasteiger partial charge in [0.15, 0.2) is 5.65 Å². The van der Waals surface area contributed by atoms with Crippen molar-refractivity contribution in [3.05, 3.63) is 90.0 Å². The number of piperazine rings is 1. The highest BCUT2D eigenvalue weighted by Crippen LogP contribution is 2.20. The highest BCUT2D eigenvalue weighted by atomic mass is 16.2. The third-order valence-electron chi connectivity index (χ3n) is 5.72. The smallest absolute Gasteiger partial charge is 0.253 e. The fourth-order valence-electron chi connectivity index (χ4n) is 3.76. The van der Waals surface area contributed by atoms with Crippen LogP contribution in [0.5, 0.6) is 0 Å². The van der Waals surface area contributed by atoms with Gasteiger partial charge in [-0.2, -0.15) is 0 Å². The van der Waals surface area contributed by atoms with Crippen LogP contribution >= 0.6 is 0 Å². The molecule has 0 spiro atoms. The first-order valence-corrected chi connectivity index (χ1v) is 10.7. The van der Waals surface area contributed by atoms with E-state index in [-0.39, 0.29) is 5.91 Å². The molecule has 0 aliphatic carbocycles. The van der Waals surface area contributed by atoms with Crippen LogP contribution in [0.15, 0.2) is 73.2 Å². The van der Waals surface area contributed by atoms with Gasteiger partial charge in [0, 0.05) is 49.1 Å². The van der Waals surface area contributed by atoms with Gasteiger partial charge in [-0.05, 0) is 37.2 Å². The van der Waals surface area contributed by atoms with Crippen molar-refractivity contribution < 1.29 is 4.79 Å². The van der Waals surface area contributed by atoms with E-state index in [1.54, 1.807) is 12.4 Å². The maximum Gasteiger partial charge on any atom is 0.253 e. The zero-order valence-electron chi connectivity index (χ0n) is 17.9. The van der Waals surface area contributed by atoms with Crippen molar-refractivity contribution in [2.75, 3.05) is 33.2 Å². The number of aromatic nitrogens is 3. The largest absolute Gasteiger partial charge is 0.336 e. The molecule has 1 aliphatic rings. The van der Waals surface area contributed by atoms with Crippen LogP contribution in [0.3, 0.4) is 0 Å². The quantitative estimate of drug-likeness (QED) is 0.467. The Bertz CT molecular complexity index is 1310. The Morgan fingerprint density at radius 1 is 0.875 bits per heavy atom. The van der Waals surface area contributed by atoms with E-state index in [2.05, 4.69) is 33.8 Å². The molecule has 1 saturated heterocycles. The summed E-state index contributed by atoms with van der Waals surface area (Å²) < 4.78 is 1.95. The summed E-state index contributed by atoms with van der Waals surface area (Å²) in [6.45, 7) is 3.35. The number of hydrogen-bond acceptors (Lipinski definition) is 4. The second-order valence-electron chi connectivity index (χ2n) is 7.93. The van der Waals surface area contributed by atoms with E-state index in [0.29, 0.717) is 5.56 Å². The summed E-state index contributed by atoms with van der Waals surface area (Å²) in [6, 6.07) is 17.5. The first-order valence-electron chi connectivity index (χ1n) is 10.7. The van der Waals surface area contributed by atoms with Gasteiger partial charge in [-0.15, -0.1) is 0 Å². The minimum absolute atomic E-state index is 0.0844. The molecule has 5 rings (SSSR count). The van der Waals surface area contributed by atoms with E-state index in [1.165, 1.54) is 0 Å². The van der Waals surface area contributed by atoms with Crippen LogP contribution in [0, 0.1) is 11.8 Å². The van der Waals surface area contributed by atoms with Gasteiger partial charge >= 0.3 is 0 Å². The van der Waals surface area contributed by atoms with Crippen molar-refractivity contribution in [3.8, 4) is 23.1 Å². The third kappa shape index (κ3) is 4.11. The Morgan fingerprint density at radius 2 is 1.62 bits per heavy atom. The highest BCUT2D eigenvalue weighted by Gasteiger charge is 2.20. The summed E-state index contributed by atoms with van der Waals surface area (Å²) in [6.07, 6.45) is 5.44. The van der Waals surface area contributed by atoms with Crippen molar-refractivity contribution in [1.82, 2.24) is 24.2 Å². The van der Waals surface area contributed by atoms with Crippen LogP contribution < -0.4 is 0 Å². The van der Waals surface area contributed by atoms with Crippen molar-refractivity contribution >= 4 is 11.6 Å². The van der Waals surface area contributed by atoms with Gasteiger partial charge in [0.05, 0.1) is 18.1 Å². The second-order valence-corrected chi connectivity index (χ2v) is 7.93. The van der Waals surface area contributed by atoms with Crippen molar-refractivity contribution in [2.24, 2.45) is 0 Å². The lowest BCUT2D eigenvalue weighted by Gasteiger charge is -2.32. The second kappa shape index (κ2) is 8.66. The highest BCUT2D eigenvalue weighted by molar-refractivity contribution is 5.94. The van der Waals surface area contributed by atoms with Gasteiger partial charge in [0.2, 0.25) is 0 Å². The number of carbonyl (C=O) groups is 1. The number of fused-ring (bicyclic) bond motifs is 1. The molecule has 3 heterocycles. The summed E-state index contributed by atoms with van der Waals surface area (Å²) in [5.74, 6) is 6.46. The SMILES string of the molecule is CN1CCN(C(=O)c2ccc(-c3cn4c(C#Cc5ccccc5)cnc4cn3)cc2)CC1. The lowest BCUT2D eigenvalue weighted by molar-refractivity contribution is 0.0664. The summed E-state index contributed by atoms with van der Waals surface area (Å²) in [7, 11) is 2.08. The summed E-state index contributed by atoms with van der Waals surface area (Å²) >= 11 is 0. The minimum Gasteiger partial charge on any atom is -0.336 e. The van der Waals surface area contributed by atoms with E-state index in [4.69, 9.17) is 0 Å². The molecule has 32 heavy (non-hydrogen) atoms. The van der Waals surface area contributed by atoms with Gasteiger partial charge in [-0.25, -0.2) is 4.98 Å². The van der Waals surface area contributed by atoms with Crippen molar-refractivity contribution in [1.29, 1.82) is 0 Å². The van der Waals surface area contributed by atoms with Crippen LogP contribution in [0.2, 0.25) is 0 Å². The van der Waals surface area contributed by atoms with Crippen LogP contribution in [0.4, 0.5) is 0 Å². The van der Waals surface area contributed by atoms with Gasteiger partial charge in [0.1, 0.15) is 5.69 Å². The Morgan fingerprint density at radius 3 is 2.38 bits per heavy atom. The molecular formula is C26H23N5O. The Kier molecular flexibility index (Phi) is 5.40. The number of benzene rings is 2. The number of imidazole rings is 1. The molecule has 0 bridgehead atoms. The molecule has 0 unspecified atom stereocenters. The van der Waals surface area contributed by atoms with E-state index >= 15 is 0 Å². The van der Waals surface area contributed by atoms with Gasteiger partial charge in [-0.1, -0.05) is 36.3 Å². The fourth-order valence-corrected chi connectivity index (χ4v) is 3.76. The molecule has 2 aromatic heterocycles. The molecule has 6 nitrogen and oxygen atoms in total. The van der Waals surface area contributed by atoms with E-state index in [9.17, 15) is 4.79 Å². The van der Waals surface area contributed by atoms with Crippen LogP contribution in [-0.4, -0.2) is 63.3 Å². The van der Waals surface area contributed by atoms with E-state index in [0.717, 1.165) is 54.3 Å². The third-order valence-corrected chi connectivity index (χ3v) is 5.72. The lowest BCUT2D eigenvalue weighted by atomic mass is 10.1. The first-order chi connectivity index (χ1) is 15.7. The molecule has 0 saturated carbocycles. The molecule has 4 aromatic rings. The summed E-state index contributed by atoms with van der Waals surface area (Å²) in [5, 5.41) is 0. The maximum atomic E-state index is 12.8. The predicted octanol–water partition coefficient (Wildman–Crippen LogP) is 3.18. The van der Waals surface area contributed by atoms with E-state index < -0.39 is 0 Å². The van der Waals surface area contributed by atoms with Gasteiger partial charge in [0.25, 0.3) is 5.91 Å². The molecule has 1 fully saturated rings. The lowest BCUT2D eigenvalue weighted by Crippen LogP contribution is -2.47. The number of rotatable bonds is 2. The zero-order chi connectivity index (χ0) is 21.9. The van der Waals surface area contributed by atoms with Crippen LogP contribution in [0.25, 0.3) is 16.9 Å². The molecule has 0 atom stereocenters. The van der Waals surface area contributed by atoms with Crippen molar-refractivity contribution in [3.63, 3.8) is 0 Å². The standard InChI is InChI=1S/C26H23N5O/c1-29-13-15-30(16-14-29)26(32)22-10-8-21(9-11-22)24-19-31-23(17-28-25(31)18-27-24)12-7-20-5-3-2-4-6-20/h2-6,8-11,17-19H,13-16H2,1H3. The average Bonchev–Trinajstić information content (AvgIpc) is 3.26. The Labute approximate surface area is 187 Å². The number of likely N-dealkylation sites (N-methyl/N-ethyl adjacent to an activating group) is 1. The number of carbonyl (C=O) groups excluding carboxylic acids is 1. The number of amides is 1. The number of nitrogens with zero attached hydrogens (tertiary/aromatic N) is 5. The number of hydrogen-bond donors (Lipinski definition) is 0. The zero-order valence-corrected chi connectivity index (χ0v) is 17.9. The van der Waals surface area contributed by atoms with Crippen LogP contribution in [0.1, 0.15) is 21.6 Å². The molecule has 0 N–H and O–H groups in total. The minimum atomic E-state index is 0.0844. The summed E-state index contributed by atoms with van der Waals surface area (Å²) in [4.78, 5) is 25.9. The Balaban J connectivity index is 1.39. The molecule has 6 heteroatoms. The van der Waals surface area contributed by atoms with Crippen LogP contribution in [-0.2, 0) is 0 Å². The predicted molar refractivity (Wildman–Crippen MR) is 124 cm³/mol. The molecule has 1 aliphatic heterocycles. The topological polar surface area (TPSA) is 53.7 Å². The normalized spacial score (nSPS) is 14.2. The maximum absolute atomic E-state index is 12.8. The average molecular weight is 422 g/mol. The molecule has 0 radical (unpaired) electrons. The molecule has 1 amide bonds.